The van der Waals surface area contributed by atoms with Crippen LogP contribution >= 0.6 is 11.6 Å². The Morgan fingerprint density at radius 2 is 1.49 bits per heavy atom. The fraction of sp³-hybridized carbons (Fsp3) is 0.441. The number of carbonyl (C=O) groups is 2. The average molecular weight is 641 g/mol. The van der Waals surface area contributed by atoms with E-state index in [-0.39, 0.29) is 24.9 Å². The number of aromatic nitrogens is 1. The molecule has 2 aromatic carbocycles. The molecule has 3 fully saturated rings. The molecule has 2 amide bonds. The van der Waals surface area contributed by atoms with Crippen molar-refractivity contribution in [2.45, 2.75) is 43.4 Å². The van der Waals surface area contributed by atoms with E-state index >= 15 is 0 Å². The van der Waals surface area contributed by atoms with Gasteiger partial charge in [0.15, 0.2) is 0 Å². The third-order valence-corrected chi connectivity index (χ3v) is 10.1. The maximum Gasteiger partial charge on any atom is 0.430 e. The second-order valence-electron chi connectivity index (χ2n) is 12.4. The van der Waals surface area contributed by atoms with Crippen molar-refractivity contribution in [3.8, 4) is 0 Å². The van der Waals surface area contributed by atoms with Gasteiger partial charge in [0.1, 0.15) is 0 Å². The molecule has 238 valence electrons. The standard InChI is InChI=1S/C34H36ClF3N4O3/c35-30-19-28(8-9-29(30)31(43)42-21-26(22-42)25-5-4-14-39-20-25)40-15-10-23(11-16-40)24-12-17-41(18-13-24)32(44)33(45,34(36,37)38)27-6-2-1-3-7-27/h1-9,14,19-20,23-24,26,45H,10-13,15-18,21-22H2/t33-/m1/s1. The molecule has 3 aromatic rings. The van der Waals surface area contributed by atoms with E-state index in [1.807, 2.05) is 30.5 Å². The summed E-state index contributed by atoms with van der Waals surface area (Å²) in [4.78, 5) is 35.6. The van der Waals surface area contributed by atoms with Crippen LogP contribution in [0.4, 0.5) is 18.9 Å². The predicted molar refractivity (Wildman–Crippen MR) is 165 cm³/mol. The van der Waals surface area contributed by atoms with E-state index in [4.69, 9.17) is 11.6 Å². The Kier molecular flexibility index (Phi) is 8.81. The summed E-state index contributed by atoms with van der Waals surface area (Å²) in [5.41, 5.74) is -1.46. The van der Waals surface area contributed by atoms with Crippen molar-refractivity contribution in [1.82, 2.24) is 14.8 Å². The number of carbonyl (C=O) groups excluding carboxylic acids is 2. The number of benzene rings is 2. The van der Waals surface area contributed by atoms with Crippen molar-refractivity contribution >= 4 is 29.1 Å². The number of amides is 2. The van der Waals surface area contributed by atoms with E-state index in [0.717, 1.165) is 54.2 Å². The molecule has 1 aromatic heterocycles. The maximum atomic E-state index is 14.0. The monoisotopic (exact) mass is 640 g/mol. The highest BCUT2D eigenvalue weighted by Crippen LogP contribution is 2.42. The van der Waals surface area contributed by atoms with E-state index in [1.165, 1.54) is 12.1 Å². The van der Waals surface area contributed by atoms with E-state index < -0.39 is 23.2 Å². The normalized spacial score (nSPS) is 20.1. The third-order valence-electron chi connectivity index (χ3n) is 9.82. The SMILES string of the molecule is O=C(c1ccc(N2CCC(C3CCN(C(=O)[C@](O)(c4ccccc4)C(F)(F)F)CC3)CC2)cc1Cl)N1CC(c2cccnc2)C1. The van der Waals surface area contributed by atoms with Gasteiger partial charge < -0.3 is 19.8 Å². The first-order valence-electron chi connectivity index (χ1n) is 15.4. The van der Waals surface area contributed by atoms with Gasteiger partial charge in [-0.05, 0) is 67.3 Å². The summed E-state index contributed by atoms with van der Waals surface area (Å²) >= 11 is 6.61. The van der Waals surface area contributed by atoms with Crippen molar-refractivity contribution < 1.29 is 27.9 Å². The van der Waals surface area contributed by atoms with Crippen molar-refractivity contribution in [2.24, 2.45) is 11.8 Å². The smallest absolute Gasteiger partial charge is 0.371 e. The van der Waals surface area contributed by atoms with Gasteiger partial charge in [0.25, 0.3) is 17.4 Å². The fourth-order valence-corrected chi connectivity index (χ4v) is 7.29. The number of piperidine rings is 2. The lowest BCUT2D eigenvalue weighted by Gasteiger charge is -2.42. The molecule has 1 atom stereocenters. The lowest BCUT2D eigenvalue weighted by molar-refractivity contribution is -0.262. The molecule has 1 N–H and O–H groups in total. The number of nitrogens with zero attached hydrogens (tertiary/aromatic N) is 4. The number of hydrogen-bond acceptors (Lipinski definition) is 5. The number of likely N-dealkylation sites (tertiary alicyclic amines) is 2. The van der Waals surface area contributed by atoms with Crippen LogP contribution in [-0.2, 0) is 10.4 Å². The molecule has 3 saturated heterocycles. The summed E-state index contributed by atoms with van der Waals surface area (Å²) in [6.07, 6.45) is 1.46. The third kappa shape index (κ3) is 6.14. The Morgan fingerprint density at radius 1 is 0.844 bits per heavy atom. The van der Waals surface area contributed by atoms with Gasteiger partial charge in [0, 0.05) is 68.8 Å². The first kappa shape index (κ1) is 31.4. The van der Waals surface area contributed by atoms with Gasteiger partial charge in [-0.15, -0.1) is 0 Å². The zero-order valence-corrected chi connectivity index (χ0v) is 25.6. The van der Waals surface area contributed by atoms with Crippen LogP contribution in [0.25, 0.3) is 0 Å². The van der Waals surface area contributed by atoms with Crippen LogP contribution in [-0.4, -0.2) is 77.1 Å². The zero-order valence-electron chi connectivity index (χ0n) is 24.8. The van der Waals surface area contributed by atoms with E-state index in [0.29, 0.717) is 48.4 Å². The summed E-state index contributed by atoms with van der Waals surface area (Å²) < 4.78 is 42.1. The van der Waals surface area contributed by atoms with Crippen LogP contribution in [0.5, 0.6) is 0 Å². The molecule has 0 aliphatic carbocycles. The molecule has 0 unspecified atom stereocenters. The average Bonchev–Trinajstić information content (AvgIpc) is 3.04. The molecule has 0 saturated carbocycles. The Bertz CT molecular complexity index is 1500. The van der Waals surface area contributed by atoms with Crippen LogP contribution in [0, 0.1) is 11.8 Å². The molecule has 3 aliphatic heterocycles. The summed E-state index contributed by atoms with van der Waals surface area (Å²) in [6.45, 7) is 3.24. The fourth-order valence-electron chi connectivity index (χ4n) is 7.04. The van der Waals surface area contributed by atoms with Crippen LogP contribution in [0.15, 0.2) is 73.1 Å². The van der Waals surface area contributed by atoms with Crippen LogP contribution in [0.3, 0.4) is 0 Å². The Balaban J connectivity index is 1.00. The second-order valence-corrected chi connectivity index (χ2v) is 12.8. The number of anilines is 1. The maximum absolute atomic E-state index is 14.0. The minimum atomic E-state index is -5.14. The second kappa shape index (κ2) is 12.6. The molecule has 0 radical (unpaired) electrons. The molecule has 0 spiro atoms. The van der Waals surface area contributed by atoms with Gasteiger partial charge in [0.2, 0.25) is 0 Å². The van der Waals surface area contributed by atoms with E-state index in [1.54, 1.807) is 23.2 Å². The molecule has 7 nitrogen and oxygen atoms in total. The molecule has 45 heavy (non-hydrogen) atoms. The zero-order chi connectivity index (χ0) is 31.8. The van der Waals surface area contributed by atoms with Crippen molar-refractivity contribution in [3.05, 3.63) is 94.8 Å². The quantitative estimate of drug-likeness (QED) is 0.364. The van der Waals surface area contributed by atoms with Gasteiger partial charge in [-0.2, -0.15) is 13.2 Å². The van der Waals surface area contributed by atoms with Crippen LogP contribution in [0.1, 0.15) is 53.1 Å². The first-order valence-corrected chi connectivity index (χ1v) is 15.8. The van der Waals surface area contributed by atoms with Gasteiger partial charge >= 0.3 is 6.18 Å². The van der Waals surface area contributed by atoms with Crippen molar-refractivity contribution in [3.63, 3.8) is 0 Å². The van der Waals surface area contributed by atoms with Gasteiger partial charge in [-0.25, -0.2) is 0 Å². The van der Waals surface area contributed by atoms with Gasteiger partial charge in [-0.1, -0.05) is 48.0 Å². The molecular formula is C34H36ClF3N4O3. The Labute approximate surface area is 265 Å². The number of hydrogen-bond donors (Lipinski definition) is 1. The van der Waals surface area contributed by atoms with E-state index in [2.05, 4.69) is 9.88 Å². The Morgan fingerprint density at radius 3 is 2.07 bits per heavy atom. The number of alkyl halides is 3. The number of rotatable bonds is 6. The summed E-state index contributed by atoms with van der Waals surface area (Å²) in [5, 5.41) is 11.1. The molecular weight excluding hydrogens is 605 g/mol. The first-order chi connectivity index (χ1) is 21.6. The summed E-state index contributed by atoms with van der Waals surface area (Å²) in [5.74, 6) is -0.414. The molecule has 6 rings (SSSR count). The minimum Gasteiger partial charge on any atom is -0.371 e. The lowest BCUT2D eigenvalue weighted by atomic mass is 9.78. The van der Waals surface area contributed by atoms with Crippen molar-refractivity contribution in [1.29, 1.82) is 0 Å². The number of aliphatic hydroxyl groups is 1. The van der Waals surface area contributed by atoms with Crippen LogP contribution in [0.2, 0.25) is 5.02 Å². The lowest BCUT2D eigenvalue weighted by Crippen LogP contribution is -2.57. The highest BCUT2D eigenvalue weighted by molar-refractivity contribution is 6.34. The topological polar surface area (TPSA) is 77.0 Å². The molecule has 11 heteroatoms. The molecule has 4 heterocycles. The van der Waals surface area contributed by atoms with Crippen molar-refractivity contribution in [2.75, 3.05) is 44.2 Å². The highest BCUT2D eigenvalue weighted by atomic mass is 35.5. The van der Waals surface area contributed by atoms with Crippen LogP contribution < -0.4 is 4.90 Å². The number of halogens is 4. The molecule has 0 bridgehead atoms. The molecule has 3 aliphatic rings. The predicted octanol–water partition coefficient (Wildman–Crippen LogP) is 5.88. The van der Waals surface area contributed by atoms with Gasteiger partial charge in [0.05, 0.1) is 10.6 Å². The Hall–Kier alpha value is -3.63. The van der Waals surface area contributed by atoms with E-state index in [9.17, 15) is 27.9 Å². The minimum absolute atomic E-state index is 0.0762. The van der Waals surface area contributed by atoms with Gasteiger partial charge in [-0.3, -0.25) is 14.6 Å². The largest absolute Gasteiger partial charge is 0.430 e. The summed E-state index contributed by atoms with van der Waals surface area (Å²) in [7, 11) is 0. The summed E-state index contributed by atoms with van der Waals surface area (Å²) in [6, 6.07) is 16.1. The number of pyridine rings is 1. The highest BCUT2D eigenvalue weighted by Gasteiger charge is 2.62.